The van der Waals surface area contributed by atoms with Gasteiger partial charge in [0, 0.05) is 26.7 Å². The minimum Gasteiger partial charge on any atom is -0.466 e. The number of amides is 1. The molecule has 0 aliphatic carbocycles. The molecule has 1 aromatic rings. The summed E-state index contributed by atoms with van der Waals surface area (Å²) < 4.78 is 6.92. The Bertz CT molecular complexity index is 661. The van der Waals surface area contributed by atoms with E-state index in [2.05, 4.69) is 10.6 Å². The molecule has 9 nitrogen and oxygen atoms in total. The first-order valence-corrected chi connectivity index (χ1v) is 6.80. The van der Waals surface area contributed by atoms with Crippen LogP contribution in [0.25, 0.3) is 0 Å². The molecule has 1 aromatic heterocycles. The van der Waals surface area contributed by atoms with Gasteiger partial charge in [-0.1, -0.05) is 0 Å². The number of hydrogen-bond donors (Lipinski definition) is 2. The topological polar surface area (TPSA) is 111 Å². The number of rotatable bonds is 7. The van der Waals surface area contributed by atoms with E-state index in [4.69, 9.17) is 4.74 Å². The molecule has 0 bridgehead atoms. The fourth-order valence-corrected chi connectivity index (χ4v) is 1.67. The Kier molecular flexibility index (Phi) is 6.36. The van der Waals surface area contributed by atoms with E-state index in [0.717, 1.165) is 4.57 Å². The summed E-state index contributed by atoms with van der Waals surface area (Å²) in [5.41, 5.74) is -0.953. The van der Waals surface area contributed by atoms with Crippen molar-refractivity contribution in [3.05, 3.63) is 26.9 Å². The van der Waals surface area contributed by atoms with Gasteiger partial charge in [0.2, 0.25) is 5.91 Å². The van der Waals surface area contributed by atoms with Crippen LogP contribution in [0.4, 0.5) is 5.82 Å². The van der Waals surface area contributed by atoms with Gasteiger partial charge in [-0.2, -0.15) is 0 Å². The molecule has 0 aliphatic heterocycles. The molecule has 0 atom stereocenters. The van der Waals surface area contributed by atoms with E-state index in [1.54, 1.807) is 6.92 Å². The number of hydrogen-bond acceptors (Lipinski definition) is 6. The summed E-state index contributed by atoms with van der Waals surface area (Å²) in [7, 11) is 2.86. The van der Waals surface area contributed by atoms with E-state index < -0.39 is 11.2 Å². The van der Waals surface area contributed by atoms with Crippen LogP contribution in [-0.2, 0) is 28.4 Å². The van der Waals surface area contributed by atoms with Gasteiger partial charge >= 0.3 is 11.7 Å². The molecule has 1 rings (SSSR count). The molecule has 0 saturated heterocycles. The van der Waals surface area contributed by atoms with Gasteiger partial charge < -0.3 is 15.4 Å². The van der Waals surface area contributed by atoms with Crippen LogP contribution >= 0.6 is 0 Å². The number of anilines is 1. The molecule has 0 unspecified atom stereocenters. The maximum atomic E-state index is 11.7. The Morgan fingerprint density at radius 3 is 2.55 bits per heavy atom. The van der Waals surface area contributed by atoms with E-state index in [1.807, 2.05) is 0 Å². The Morgan fingerprint density at radius 2 is 1.91 bits per heavy atom. The molecule has 0 fully saturated rings. The van der Waals surface area contributed by atoms with Gasteiger partial charge in [-0.05, 0) is 6.92 Å². The molecule has 0 radical (unpaired) electrons. The molecular formula is C13H20N4O5. The summed E-state index contributed by atoms with van der Waals surface area (Å²) >= 11 is 0. The summed E-state index contributed by atoms with van der Waals surface area (Å²) in [5, 5.41) is 5.24. The maximum absolute atomic E-state index is 11.7. The smallest absolute Gasteiger partial charge is 0.332 e. The van der Waals surface area contributed by atoms with Gasteiger partial charge in [0.1, 0.15) is 5.82 Å². The van der Waals surface area contributed by atoms with Crippen molar-refractivity contribution in [3.63, 3.8) is 0 Å². The van der Waals surface area contributed by atoms with Gasteiger partial charge in [-0.25, -0.2) is 4.79 Å². The minimum atomic E-state index is -0.488. The Balaban J connectivity index is 2.50. The van der Waals surface area contributed by atoms with Crippen LogP contribution in [-0.4, -0.2) is 40.7 Å². The first kappa shape index (κ1) is 17.5. The highest BCUT2D eigenvalue weighted by molar-refractivity contribution is 5.81. The minimum absolute atomic E-state index is 0.0872. The van der Waals surface area contributed by atoms with Gasteiger partial charge in [0.15, 0.2) is 0 Å². The summed E-state index contributed by atoms with van der Waals surface area (Å²) in [5.74, 6) is -0.504. The first-order valence-electron chi connectivity index (χ1n) is 6.80. The third kappa shape index (κ3) is 4.76. The van der Waals surface area contributed by atoms with Crippen molar-refractivity contribution in [1.29, 1.82) is 0 Å². The predicted molar refractivity (Wildman–Crippen MR) is 79.7 cm³/mol. The lowest BCUT2D eigenvalue weighted by Gasteiger charge is -2.11. The lowest BCUT2D eigenvalue weighted by molar-refractivity contribution is -0.143. The SMILES string of the molecule is CCOC(=O)CCNC(=O)CNc1cc(=O)n(C)c(=O)n1C. The number of esters is 1. The second kappa shape index (κ2) is 8.01. The van der Waals surface area contributed by atoms with Crippen molar-refractivity contribution in [3.8, 4) is 0 Å². The van der Waals surface area contributed by atoms with Crippen molar-refractivity contribution in [2.75, 3.05) is 25.0 Å². The summed E-state index contributed by atoms with van der Waals surface area (Å²) in [6.45, 7) is 2.04. The molecule has 0 aromatic carbocycles. The molecule has 0 aliphatic rings. The highest BCUT2D eigenvalue weighted by atomic mass is 16.5. The van der Waals surface area contributed by atoms with E-state index in [1.165, 1.54) is 24.7 Å². The van der Waals surface area contributed by atoms with Crippen LogP contribution in [0, 0.1) is 0 Å². The van der Waals surface area contributed by atoms with Crippen LogP contribution in [0.3, 0.4) is 0 Å². The number of carbonyl (C=O) groups is 2. The van der Waals surface area contributed by atoms with Crippen LogP contribution in [0.2, 0.25) is 0 Å². The van der Waals surface area contributed by atoms with Crippen molar-refractivity contribution in [1.82, 2.24) is 14.5 Å². The number of ether oxygens (including phenoxy) is 1. The molecular weight excluding hydrogens is 292 g/mol. The second-order valence-corrected chi connectivity index (χ2v) is 4.53. The van der Waals surface area contributed by atoms with Crippen molar-refractivity contribution in [2.45, 2.75) is 13.3 Å². The van der Waals surface area contributed by atoms with Gasteiger partial charge in [-0.15, -0.1) is 0 Å². The van der Waals surface area contributed by atoms with Crippen LogP contribution < -0.4 is 21.9 Å². The molecule has 2 N–H and O–H groups in total. The van der Waals surface area contributed by atoms with E-state index in [9.17, 15) is 19.2 Å². The third-order valence-electron chi connectivity index (χ3n) is 2.91. The number of carbonyl (C=O) groups excluding carboxylic acids is 2. The van der Waals surface area contributed by atoms with Crippen molar-refractivity contribution >= 4 is 17.7 Å². The standard InChI is InChI=1S/C13H20N4O5/c1-4-22-12(20)5-6-14-10(18)8-15-9-7-11(19)17(3)13(21)16(9)2/h7,15H,4-6,8H2,1-3H3,(H,14,18). The zero-order valence-electron chi connectivity index (χ0n) is 12.8. The Hall–Kier alpha value is -2.58. The van der Waals surface area contributed by atoms with Crippen LogP contribution in [0.5, 0.6) is 0 Å². The molecule has 1 amide bonds. The van der Waals surface area contributed by atoms with Crippen LogP contribution in [0.15, 0.2) is 15.7 Å². The van der Waals surface area contributed by atoms with E-state index >= 15 is 0 Å². The molecule has 9 heteroatoms. The first-order chi connectivity index (χ1) is 10.4. The number of aromatic nitrogens is 2. The zero-order chi connectivity index (χ0) is 16.7. The summed E-state index contributed by atoms with van der Waals surface area (Å²) in [6, 6.07) is 1.23. The Labute approximate surface area is 126 Å². The van der Waals surface area contributed by atoms with Gasteiger partial charge in [-0.3, -0.25) is 23.5 Å². The predicted octanol–water partition coefficient (Wildman–Crippen LogP) is -1.43. The quantitative estimate of drug-likeness (QED) is 0.597. The molecule has 22 heavy (non-hydrogen) atoms. The molecule has 1 heterocycles. The van der Waals surface area contributed by atoms with Crippen molar-refractivity contribution in [2.24, 2.45) is 14.1 Å². The van der Waals surface area contributed by atoms with E-state index in [-0.39, 0.29) is 37.2 Å². The fraction of sp³-hybridized carbons (Fsp3) is 0.538. The lowest BCUT2D eigenvalue weighted by atomic mass is 10.4. The monoisotopic (exact) mass is 312 g/mol. The van der Waals surface area contributed by atoms with Gasteiger partial charge in [0.25, 0.3) is 5.56 Å². The van der Waals surface area contributed by atoms with E-state index in [0.29, 0.717) is 6.61 Å². The zero-order valence-corrected chi connectivity index (χ0v) is 12.8. The molecule has 0 saturated carbocycles. The largest absolute Gasteiger partial charge is 0.466 e. The highest BCUT2D eigenvalue weighted by Crippen LogP contribution is 1.97. The maximum Gasteiger partial charge on any atom is 0.332 e. The van der Waals surface area contributed by atoms with Gasteiger partial charge in [0.05, 0.1) is 19.6 Å². The summed E-state index contributed by atoms with van der Waals surface area (Å²) in [4.78, 5) is 45.9. The molecule has 122 valence electrons. The fourth-order valence-electron chi connectivity index (χ4n) is 1.67. The van der Waals surface area contributed by atoms with Crippen molar-refractivity contribution < 1.29 is 14.3 Å². The second-order valence-electron chi connectivity index (χ2n) is 4.53. The third-order valence-corrected chi connectivity index (χ3v) is 2.91. The normalized spacial score (nSPS) is 10.1. The molecule has 0 spiro atoms. The number of nitrogens with one attached hydrogen (secondary N) is 2. The highest BCUT2D eigenvalue weighted by Gasteiger charge is 2.08. The number of nitrogens with zero attached hydrogens (tertiary/aromatic N) is 2. The van der Waals surface area contributed by atoms with Crippen LogP contribution in [0.1, 0.15) is 13.3 Å². The lowest BCUT2D eigenvalue weighted by Crippen LogP contribution is -2.39. The average molecular weight is 312 g/mol. The Morgan fingerprint density at radius 1 is 1.23 bits per heavy atom. The average Bonchev–Trinajstić information content (AvgIpc) is 2.47. The summed E-state index contributed by atoms with van der Waals surface area (Å²) in [6.07, 6.45) is 0.0872.